The summed E-state index contributed by atoms with van der Waals surface area (Å²) >= 11 is 0. The first-order valence-corrected chi connectivity index (χ1v) is 5.97. The molecule has 17 heavy (non-hydrogen) atoms. The SMILES string of the molecule is Cc1ccc2nc(CN)cc(NC(C)C)c2c1. The highest BCUT2D eigenvalue weighted by Gasteiger charge is 2.06. The fourth-order valence-corrected chi connectivity index (χ4v) is 1.93. The Morgan fingerprint density at radius 2 is 2.06 bits per heavy atom. The minimum atomic E-state index is 0.395. The number of aryl methyl sites for hydroxylation is 1. The first kappa shape index (κ1) is 11.9. The molecule has 3 N–H and O–H groups in total. The van der Waals surface area contributed by atoms with Crippen molar-refractivity contribution in [2.75, 3.05) is 5.32 Å². The molecule has 3 heteroatoms. The molecule has 0 aliphatic heterocycles. The topological polar surface area (TPSA) is 50.9 Å². The number of aromatic nitrogens is 1. The number of anilines is 1. The predicted octanol–water partition coefficient (Wildman–Crippen LogP) is 2.82. The molecule has 1 heterocycles. The third kappa shape index (κ3) is 2.56. The van der Waals surface area contributed by atoms with Crippen molar-refractivity contribution in [3.63, 3.8) is 0 Å². The molecule has 1 aromatic heterocycles. The Hall–Kier alpha value is -1.61. The van der Waals surface area contributed by atoms with Gasteiger partial charge in [-0.1, -0.05) is 11.6 Å². The van der Waals surface area contributed by atoms with Gasteiger partial charge in [-0.25, -0.2) is 0 Å². The van der Waals surface area contributed by atoms with Crippen LogP contribution in [0.1, 0.15) is 25.1 Å². The maximum atomic E-state index is 5.68. The van der Waals surface area contributed by atoms with Crippen LogP contribution in [0.15, 0.2) is 24.3 Å². The van der Waals surface area contributed by atoms with E-state index in [0.29, 0.717) is 12.6 Å². The lowest BCUT2D eigenvalue weighted by Gasteiger charge is -2.14. The monoisotopic (exact) mass is 229 g/mol. The lowest BCUT2D eigenvalue weighted by molar-refractivity contribution is 0.898. The molecule has 90 valence electrons. The maximum Gasteiger partial charge on any atom is 0.0726 e. The van der Waals surface area contributed by atoms with Crippen LogP contribution in [0.5, 0.6) is 0 Å². The Kier molecular flexibility index (Phi) is 3.29. The van der Waals surface area contributed by atoms with E-state index in [1.54, 1.807) is 0 Å². The maximum absolute atomic E-state index is 5.68. The Balaban J connectivity index is 2.63. The molecule has 0 unspecified atom stereocenters. The van der Waals surface area contributed by atoms with Crippen LogP contribution >= 0.6 is 0 Å². The minimum absolute atomic E-state index is 0.395. The molecule has 0 fully saturated rings. The van der Waals surface area contributed by atoms with Gasteiger partial charge in [-0.15, -0.1) is 0 Å². The van der Waals surface area contributed by atoms with E-state index in [1.165, 1.54) is 5.56 Å². The van der Waals surface area contributed by atoms with E-state index in [-0.39, 0.29) is 0 Å². The predicted molar refractivity (Wildman–Crippen MR) is 73.1 cm³/mol. The van der Waals surface area contributed by atoms with E-state index in [9.17, 15) is 0 Å². The number of nitrogens with one attached hydrogen (secondary N) is 1. The lowest BCUT2D eigenvalue weighted by atomic mass is 10.1. The van der Waals surface area contributed by atoms with Crippen molar-refractivity contribution >= 4 is 16.6 Å². The lowest BCUT2D eigenvalue weighted by Crippen LogP contribution is -2.11. The van der Waals surface area contributed by atoms with Gasteiger partial charge in [-0.3, -0.25) is 4.98 Å². The van der Waals surface area contributed by atoms with E-state index >= 15 is 0 Å². The van der Waals surface area contributed by atoms with E-state index in [1.807, 2.05) is 6.07 Å². The van der Waals surface area contributed by atoms with Crippen LogP contribution in [-0.2, 0) is 6.54 Å². The van der Waals surface area contributed by atoms with Crippen molar-refractivity contribution in [3.05, 3.63) is 35.5 Å². The molecule has 2 rings (SSSR count). The van der Waals surface area contributed by atoms with Crippen LogP contribution in [-0.4, -0.2) is 11.0 Å². The molecule has 0 saturated heterocycles. The van der Waals surface area contributed by atoms with Crippen molar-refractivity contribution in [3.8, 4) is 0 Å². The van der Waals surface area contributed by atoms with Crippen LogP contribution in [0.25, 0.3) is 10.9 Å². The smallest absolute Gasteiger partial charge is 0.0726 e. The highest BCUT2D eigenvalue weighted by molar-refractivity contribution is 5.92. The quantitative estimate of drug-likeness (QED) is 0.851. The molecular weight excluding hydrogens is 210 g/mol. The third-order valence-electron chi connectivity index (χ3n) is 2.67. The van der Waals surface area contributed by atoms with Crippen molar-refractivity contribution in [2.24, 2.45) is 5.73 Å². The molecule has 0 saturated carbocycles. The Morgan fingerprint density at radius 1 is 1.29 bits per heavy atom. The molecule has 0 radical (unpaired) electrons. The zero-order valence-electron chi connectivity index (χ0n) is 10.6. The molecule has 2 aromatic rings. The highest BCUT2D eigenvalue weighted by atomic mass is 14.9. The molecule has 1 aromatic carbocycles. The van der Waals surface area contributed by atoms with Crippen LogP contribution < -0.4 is 11.1 Å². The van der Waals surface area contributed by atoms with E-state index in [0.717, 1.165) is 22.3 Å². The van der Waals surface area contributed by atoms with Gasteiger partial charge in [-0.05, 0) is 39.0 Å². The molecule has 3 nitrogen and oxygen atoms in total. The van der Waals surface area contributed by atoms with Crippen molar-refractivity contribution in [1.82, 2.24) is 4.98 Å². The summed E-state index contributed by atoms with van der Waals surface area (Å²) in [7, 11) is 0. The summed E-state index contributed by atoms with van der Waals surface area (Å²) in [6.45, 7) is 6.82. The number of rotatable bonds is 3. The molecule has 0 spiro atoms. The van der Waals surface area contributed by atoms with Crippen LogP contribution in [0.4, 0.5) is 5.69 Å². The minimum Gasteiger partial charge on any atom is -0.382 e. The van der Waals surface area contributed by atoms with Gasteiger partial charge >= 0.3 is 0 Å². The standard InChI is InChI=1S/C14H19N3/c1-9(2)16-14-7-11(8-15)17-13-5-4-10(3)6-12(13)14/h4-7,9H,8,15H2,1-3H3,(H,16,17). The summed E-state index contributed by atoms with van der Waals surface area (Å²) < 4.78 is 0. The first-order chi connectivity index (χ1) is 8.10. The van der Waals surface area contributed by atoms with Crippen molar-refractivity contribution < 1.29 is 0 Å². The molecule has 0 aliphatic carbocycles. The largest absolute Gasteiger partial charge is 0.382 e. The highest BCUT2D eigenvalue weighted by Crippen LogP contribution is 2.25. The van der Waals surface area contributed by atoms with Crippen molar-refractivity contribution in [1.29, 1.82) is 0 Å². The van der Waals surface area contributed by atoms with Crippen LogP contribution in [0.3, 0.4) is 0 Å². The number of hydrogen-bond acceptors (Lipinski definition) is 3. The molecule has 0 aliphatic rings. The third-order valence-corrected chi connectivity index (χ3v) is 2.67. The zero-order chi connectivity index (χ0) is 12.4. The summed E-state index contributed by atoms with van der Waals surface area (Å²) in [4.78, 5) is 4.54. The van der Waals surface area contributed by atoms with E-state index < -0.39 is 0 Å². The van der Waals surface area contributed by atoms with E-state index in [4.69, 9.17) is 5.73 Å². The summed E-state index contributed by atoms with van der Waals surface area (Å²) in [5, 5.41) is 4.62. The number of pyridine rings is 1. The van der Waals surface area contributed by atoms with Crippen LogP contribution in [0.2, 0.25) is 0 Å². The zero-order valence-corrected chi connectivity index (χ0v) is 10.6. The number of nitrogens with zero attached hydrogens (tertiary/aromatic N) is 1. The molecule has 0 atom stereocenters. The second kappa shape index (κ2) is 4.72. The Labute approximate surface area is 102 Å². The number of nitrogens with two attached hydrogens (primary N) is 1. The second-order valence-electron chi connectivity index (χ2n) is 4.68. The fourth-order valence-electron chi connectivity index (χ4n) is 1.93. The number of hydrogen-bond donors (Lipinski definition) is 2. The fraction of sp³-hybridized carbons (Fsp3) is 0.357. The van der Waals surface area contributed by atoms with Gasteiger partial charge in [0.05, 0.1) is 11.2 Å². The van der Waals surface area contributed by atoms with Crippen LogP contribution in [0, 0.1) is 6.92 Å². The summed E-state index contributed by atoms with van der Waals surface area (Å²) in [5.74, 6) is 0. The number of fused-ring (bicyclic) bond motifs is 1. The van der Waals surface area contributed by atoms with Gasteiger partial charge in [0.2, 0.25) is 0 Å². The van der Waals surface area contributed by atoms with Gasteiger partial charge < -0.3 is 11.1 Å². The molecular formula is C14H19N3. The van der Waals surface area contributed by atoms with E-state index in [2.05, 4.69) is 49.3 Å². The van der Waals surface area contributed by atoms with Gasteiger partial charge in [0.25, 0.3) is 0 Å². The molecule has 0 amide bonds. The summed E-state index contributed by atoms with van der Waals surface area (Å²) in [5.41, 5.74) is 9.96. The average molecular weight is 229 g/mol. The van der Waals surface area contributed by atoms with Gasteiger partial charge in [0, 0.05) is 23.7 Å². The van der Waals surface area contributed by atoms with Gasteiger partial charge in [-0.2, -0.15) is 0 Å². The Bertz CT molecular complexity index is 532. The Morgan fingerprint density at radius 3 is 2.71 bits per heavy atom. The normalized spacial score (nSPS) is 11.1. The molecule has 0 bridgehead atoms. The first-order valence-electron chi connectivity index (χ1n) is 5.97. The second-order valence-corrected chi connectivity index (χ2v) is 4.68. The summed E-state index contributed by atoms with van der Waals surface area (Å²) in [6.07, 6.45) is 0. The van der Waals surface area contributed by atoms with Crippen molar-refractivity contribution in [2.45, 2.75) is 33.4 Å². The summed E-state index contributed by atoms with van der Waals surface area (Å²) in [6, 6.07) is 8.73. The van der Waals surface area contributed by atoms with Gasteiger partial charge in [0.15, 0.2) is 0 Å². The number of benzene rings is 1. The van der Waals surface area contributed by atoms with Gasteiger partial charge in [0.1, 0.15) is 0 Å². The average Bonchev–Trinajstić information content (AvgIpc) is 2.28.